The minimum Gasteiger partial charge on any atom is -0.430 e. The summed E-state index contributed by atoms with van der Waals surface area (Å²) in [6.07, 6.45) is 0.807. The maximum Gasteiger partial charge on any atom is 0.310 e. The van der Waals surface area contributed by atoms with Gasteiger partial charge in [0.05, 0.1) is 0 Å². The average Bonchev–Trinajstić information content (AvgIpc) is 2.34. The molecule has 3 heteroatoms. The van der Waals surface area contributed by atoms with E-state index in [0.29, 0.717) is 0 Å². The lowest BCUT2D eigenvalue weighted by atomic mass is 10.4. The van der Waals surface area contributed by atoms with Crippen LogP contribution in [0.4, 0.5) is 0 Å². The molecule has 3 nitrogen and oxygen atoms in total. The zero-order valence-corrected chi connectivity index (χ0v) is 6.59. The lowest BCUT2D eigenvalue weighted by molar-refractivity contribution is -0.133. The van der Waals surface area contributed by atoms with Crippen LogP contribution in [0.25, 0.3) is 0 Å². The molecular formula is C8H10O3. The standard InChI is InChI=1S/C8H10O3/c1-3-7-4-5-8(11-7)10-6(2)9/h4-5H,3H2,1-2H3. The SMILES string of the molecule is CCc1ccc(OC(C)=O)o1. The van der Waals surface area contributed by atoms with Gasteiger partial charge in [0.25, 0.3) is 5.95 Å². The van der Waals surface area contributed by atoms with Gasteiger partial charge in [-0.05, 0) is 6.07 Å². The number of rotatable bonds is 2. The molecule has 0 saturated heterocycles. The molecule has 0 bridgehead atoms. The van der Waals surface area contributed by atoms with Gasteiger partial charge in [0.2, 0.25) is 0 Å². The fourth-order valence-electron chi connectivity index (χ4n) is 0.745. The Balaban J connectivity index is 2.65. The molecule has 0 aliphatic carbocycles. The molecule has 0 unspecified atom stereocenters. The Kier molecular flexibility index (Phi) is 2.31. The van der Waals surface area contributed by atoms with Crippen molar-refractivity contribution in [1.29, 1.82) is 0 Å². The summed E-state index contributed by atoms with van der Waals surface area (Å²) < 4.78 is 9.79. The fraction of sp³-hybridized carbons (Fsp3) is 0.375. The van der Waals surface area contributed by atoms with Crippen molar-refractivity contribution >= 4 is 5.97 Å². The Morgan fingerprint density at radius 3 is 2.82 bits per heavy atom. The number of ether oxygens (including phenoxy) is 1. The van der Waals surface area contributed by atoms with Crippen LogP contribution in [0.3, 0.4) is 0 Å². The van der Waals surface area contributed by atoms with Crippen LogP contribution in [0.2, 0.25) is 0 Å². The maximum absolute atomic E-state index is 10.4. The van der Waals surface area contributed by atoms with Gasteiger partial charge < -0.3 is 9.15 Å². The van der Waals surface area contributed by atoms with Gasteiger partial charge >= 0.3 is 5.97 Å². The molecule has 0 spiro atoms. The molecule has 0 atom stereocenters. The first-order valence-corrected chi connectivity index (χ1v) is 3.49. The Morgan fingerprint density at radius 1 is 1.64 bits per heavy atom. The highest BCUT2D eigenvalue weighted by Gasteiger charge is 2.02. The van der Waals surface area contributed by atoms with Gasteiger partial charge in [0.1, 0.15) is 5.76 Å². The van der Waals surface area contributed by atoms with Gasteiger partial charge in [-0.1, -0.05) is 6.92 Å². The molecule has 1 aromatic rings. The summed E-state index contributed by atoms with van der Waals surface area (Å²) in [5, 5.41) is 0. The molecule has 0 aromatic carbocycles. The van der Waals surface area contributed by atoms with Crippen molar-refractivity contribution in [2.45, 2.75) is 20.3 Å². The fourth-order valence-corrected chi connectivity index (χ4v) is 0.745. The lowest BCUT2D eigenvalue weighted by Gasteiger charge is -1.93. The zero-order chi connectivity index (χ0) is 8.27. The maximum atomic E-state index is 10.4. The summed E-state index contributed by atoms with van der Waals surface area (Å²) in [5.74, 6) is 0.734. The highest BCUT2D eigenvalue weighted by Crippen LogP contribution is 2.15. The Hall–Kier alpha value is -1.25. The first-order valence-electron chi connectivity index (χ1n) is 3.49. The molecule has 60 valence electrons. The average molecular weight is 154 g/mol. The van der Waals surface area contributed by atoms with E-state index in [2.05, 4.69) is 0 Å². The molecule has 0 radical (unpaired) electrons. The number of hydrogen-bond acceptors (Lipinski definition) is 3. The van der Waals surface area contributed by atoms with Crippen molar-refractivity contribution in [1.82, 2.24) is 0 Å². The number of hydrogen-bond donors (Lipinski definition) is 0. The first kappa shape index (κ1) is 7.85. The van der Waals surface area contributed by atoms with Crippen LogP contribution in [0.1, 0.15) is 19.6 Å². The molecular weight excluding hydrogens is 144 g/mol. The normalized spacial score (nSPS) is 9.64. The van der Waals surface area contributed by atoms with E-state index in [-0.39, 0.29) is 11.9 Å². The molecule has 0 aliphatic rings. The van der Waals surface area contributed by atoms with Crippen molar-refractivity contribution in [3.63, 3.8) is 0 Å². The van der Waals surface area contributed by atoms with Crippen molar-refractivity contribution < 1.29 is 13.9 Å². The van der Waals surface area contributed by atoms with Crippen LogP contribution in [-0.4, -0.2) is 5.97 Å². The quantitative estimate of drug-likeness (QED) is 0.609. The molecule has 0 N–H and O–H groups in total. The van der Waals surface area contributed by atoms with Gasteiger partial charge in [-0.2, -0.15) is 0 Å². The van der Waals surface area contributed by atoms with Crippen LogP contribution in [-0.2, 0) is 11.2 Å². The topological polar surface area (TPSA) is 39.4 Å². The smallest absolute Gasteiger partial charge is 0.310 e. The summed E-state index contributed by atoms with van der Waals surface area (Å²) in [7, 11) is 0. The van der Waals surface area contributed by atoms with Crippen LogP contribution in [0.5, 0.6) is 5.95 Å². The first-order chi connectivity index (χ1) is 5.22. The van der Waals surface area contributed by atoms with E-state index in [1.807, 2.05) is 6.92 Å². The third kappa shape index (κ3) is 2.11. The predicted octanol–water partition coefficient (Wildman–Crippen LogP) is 1.77. The van der Waals surface area contributed by atoms with Crippen LogP contribution < -0.4 is 4.74 Å². The van der Waals surface area contributed by atoms with Crippen LogP contribution >= 0.6 is 0 Å². The van der Waals surface area contributed by atoms with E-state index in [9.17, 15) is 4.79 Å². The molecule has 1 rings (SSSR count). The van der Waals surface area contributed by atoms with Crippen molar-refractivity contribution in [2.24, 2.45) is 0 Å². The highest BCUT2D eigenvalue weighted by molar-refractivity contribution is 5.68. The third-order valence-electron chi connectivity index (χ3n) is 1.23. The Labute approximate surface area is 65.0 Å². The van der Waals surface area contributed by atoms with E-state index in [4.69, 9.17) is 9.15 Å². The van der Waals surface area contributed by atoms with Crippen molar-refractivity contribution in [3.05, 3.63) is 17.9 Å². The molecule has 1 aromatic heterocycles. The predicted molar refractivity (Wildman–Crippen MR) is 39.4 cm³/mol. The second kappa shape index (κ2) is 3.23. The van der Waals surface area contributed by atoms with Gasteiger partial charge in [0.15, 0.2) is 0 Å². The number of furan rings is 1. The molecule has 0 fully saturated rings. The van der Waals surface area contributed by atoms with Gasteiger partial charge in [-0.25, -0.2) is 0 Å². The highest BCUT2D eigenvalue weighted by atomic mass is 16.6. The second-order valence-electron chi connectivity index (χ2n) is 2.17. The molecule has 1 heterocycles. The second-order valence-corrected chi connectivity index (χ2v) is 2.17. The zero-order valence-electron chi connectivity index (χ0n) is 6.59. The number of aryl methyl sites for hydroxylation is 1. The van der Waals surface area contributed by atoms with Crippen LogP contribution in [0.15, 0.2) is 16.5 Å². The molecule has 11 heavy (non-hydrogen) atoms. The Morgan fingerprint density at radius 2 is 2.36 bits per heavy atom. The Bertz CT molecular complexity index is 250. The number of esters is 1. The lowest BCUT2D eigenvalue weighted by Crippen LogP contribution is -1.99. The van der Waals surface area contributed by atoms with Gasteiger partial charge in [-0.15, -0.1) is 0 Å². The number of carbonyl (C=O) groups excluding carboxylic acids is 1. The molecule has 0 amide bonds. The van der Waals surface area contributed by atoms with Crippen molar-refractivity contribution in [3.8, 4) is 5.95 Å². The van der Waals surface area contributed by atoms with E-state index in [1.165, 1.54) is 6.92 Å². The molecule has 0 aliphatic heterocycles. The van der Waals surface area contributed by atoms with Crippen LogP contribution in [0, 0.1) is 0 Å². The monoisotopic (exact) mass is 154 g/mol. The third-order valence-corrected chi connectivity index (χ3v) is 1.23. The summed E-state index contributed by atoms with van der Waals surface area (Å²) in [6, 6.07) is 3.43. The van der Waals surface area contributed by atoms with E-state index in [1.54, 1.807) is 12.1 Å². The largest absolute Gasteiger partial charge is 0.430 e. The summed E-state index contributed by atoms with van der Waals surface area (Å²) in [6.45, 7) is 3.31. The minimum absolute atomic E-state index is 0.273. The number of carbonyl (C=O) groups is 1. The van der Waals surface area contributed by atoms with Crippen molar-refractivity contribution in [2.75, 3.05) is 0 Å². The van der Waals surface area contributed by atoms with E-state index in [0.717, 1.165) is 12.2 Å². The molecule has 0 saturated carbocycles. The van der Waals surface area contributed by atoms with Gasteiger partial charge in [-0.3, -0.25) is 4.79 Å². The summed E-state index contributed by atoms with van der Waals surface area (Å²) in [4.78, 5) is 10.4. The summed E-state index contributed by atoms with van der Waals surface area (Å²) >= 11 is 0. The van der Waals surface area contributed by atoms with E-state index < -0.39 is 0 Å². The van der Waals surface area contributed by atoms with Gasteiger partial charge in [0, 0.05) is 19.4 Å². The summed E-state index contributed by atoms with van der Waals surface area (Å²) in [5.41, 5.74) is 0. The minimum atomic E-state index is -0.359. The van der Waals surface area contributed by atoms with E-state index >= 15 is 0 Å².